The molecular formula is C26H37N3O. The topological polar surface area (TPSA) is 45.2 Å². The van der Waals surface area contributed by atoms with Crippen LogP contribution >= 0.6 is 0 Å². The van der Waals surface area contributed by atoms with Crippen LogP contribution in [-0.2, 0) is 4.79 Å². The Morgan fingerprint density at radius 1 is 1.17 bits per heavy atom. The van der Waals surface area contributed by atoms with Gasteiger partial charge in [-0.3, -0.25) is 9.78 Å². The number of hydrogen-bond acceptors (Lipinski definition) is 3. The lowest BCUT2D eigenvalue weighted by atomic mass is 9.86. The summed E-state index contributed by atoms with van der Waals surface area (Å²) in [6.07, 6.45) is 5.27. The molecule has 1 aromatic carbocycles. The van der Waals surface area contributed by atoms with Crippen molar-refractivity contribution >= 4 is 5.91 Å². The molecule has 4 heteroatoms. The summed E-state index contributed by atoms with van der Waals surface area (Å²) < 4.78 is 0. The molecule has 0 aliphatic carbocycles. The Hall–Kier alpha value is -2.20. The molecule has 0 unspecified atom stereocenters. The molecule has 1 aromatic heterocycles. The van der Waals surface area contributed by atoms with Crippen LogP contribution in [0, 0.1) is 11.3 Å². The molecule has 3 atom stereocenters. The Labute approximate surface area is 182 Å². The molecular weight excluding hydrogens is 370 g/mol. The quantitative estimate of drug-likeness (QED) is 0.687. The number of pyridine rings is 1. The van der Waals surface area contributed by atoms with Crippen molar-refractivity contribution in [1.29, 1.82) is 0 Å². The fourth-order valence-corrected chi connectivity index (χ4v) is 4.24. The summed E-state index contributed by atoms with van der Waals surface area (Å²) in [5.41, 5.74) is 1.97. The largest absolute Gasteiger partial charge is 0.347 e. The standard InChI is InChI=1S/C26H37N3O/c1-20(21-11-6-5-7-12-21)15-18-29-17-10-13-22(19-29)24(23-14-8-9-16-27-23)28-25(30)26(2,3)4/h5-9,11-12,14,16,20,22,24H,10,13,15,17-19H2,1-4H3,(H,28,30)/t20-,22-,24-/m0/s1. The fraction of sp³-hybridized carbons (Fsp3) is 0.538. The minimum atomic E-state index is -0.410. The van der Waals surface area contributed by atoms with Gasteiger partial charge >= 0.3 is 0 Å². The zero-order chi connectivity index (χ0) is 21.6. The van der Waals surface area contributed by atoms with Crippen molar-refractivity contribution in [2.24, 2.45) is 11.3 Å². The molecule has 1 aliphatic heterocycles. The summed E-state index contributed by atoms with van der Waals surface area (Å²) in [6, 6.07) is 16.7. The number of amides is 1. The average molecular weight is 408 g/mol. The fourth-order valence-electron chi connectivity index (χ4n) is 4.24. The number of nitrogens with zero attached hydrogens (tertiary/aromatic N) is 2. The third-order valence-electron chi connectivity index (χ3n) is 6.23. The van der Waals surface area contributed by atoms with Gasteiger partial charge in [0.05, 0.1) is 11.7 Å². The third-order valence-corrected chi connectivity index (χ3v) is 6.23. The van der Waals surface area contributed by atoms with Crippen LogP contribution in [0.5, 0.6) is 0 Å². The summed E-state index contributed by atoms with van der Waals surface area (Å²) in [4.78, 5) is 20.0. The van der Waals surface area contributed by atoms with E-state index in [-0.39, 0.29) is 11.9 Å². The van der Waals surface area contributed by atoms with Crippen molar-refractivity contribution in [2.45, 2.75) is 58.9 Å². The molecule has 1 amide bonds. The molecule has 162 valence electrons. The van der Waals surface area contributed by atoms with E-state index in [4.69, 9.17) is 0 Å². The monoisotopic (exact) mass is 407 g/mol. The van der Waals surface area contributed by atoms with Gasteiger partial charge in [-0.05, 0) is 61.9 Å². The van der Waals surface area contributed by atoms with Crippen molar-refractivity contribution in [3.8, 4) is 0 Å². The van der Waals surface area contributed by atoms with Crippen LogP contribution < -0.4 is 5.32 Å². The number of benzene rings is 1. The molecule has 1 fully saturated rings. The highest BCUT2D eigenvalue weighted by atomic mass is 16.2. The number of aromatic nitrogens is 1. The highest BCUT2D eigenvalue weighted by Gasteiger charge is 2.33. The summed E-state index contributed by atoms with van der Waals surface area (Å²) in [7, 11) is 0. The van der Waals surface area contributed by atoms with Crippen LogP contribution in [0.3, 0.4) is 0 Å². The zero-order valence-electron chi connectivity index (χ0n) is 19.0. The molecule has 3 rings (SSSR count). The number of piperidine rings is 1. The minimum Gasteiger partial charge on any atom is -0.347 e. The zero-order valence-corrected chi connectivity index (χ0v) is 19.0. The van der Waals surface area contributed by atoms with Crippen LogP contribution in [-0.4, -0.2) is 35.4 Å². The van der Waals surface area contributed by atoms with Crippen LogP contribution in [0.2, 0.25) is 0 Å². The number of carbonyl (C=O) groups excluding carboxylic acids is 1. The highest BCUT2D eigenvalue weighted by molar-refractivity contribution is 5.81. The lowest BCUT2D eigenvalue weighted by Gasteiger charge is -2.38. The second-order valence-corrected chi connectivity index (χ2v) is 9.76. The smallest absolute Gasteiger partial charge is 0.225 e. The van der Waals surface area contributed by atoms with Crippen LogP contribution in [0.15, 0.2) is 54.7 Å². The van der Waals surface area contributed by atoms with Crippen molar-refractivity contribution in [3.63, 3.8) is 0 Å². The maximum Gasteiger partial charge on any atom is 0.225 e. The number of likely N-dealkylation sites (tertiary alicyclic amines) is 1. The van der Waals surface area contributed by atoms with E-state index in [1.54, 1.807) is 0 Å². The Bertz CT molecular complexity index is 785. The Balaban J connectivity index is 1.66. The maximum atomic E-state index is 12.8. The summed E-state index contributed by atoms with van der Waals surface area (Å²) in [6.45, 7) is 11.5. The van der Waals surface area contributed by atoms with Crippen LogP contribution in [0.25, 0.3) is 0 Å². The van der Waals surface area contributed by atoms with Gasteiger partial charge in [-0.25, -0.2) is 0 Å². The minimum absolute atomic E-state index is 0.0349. The second-order valence-electron chi connectivity index (χ2n) is 9.76. The maximum absolute atomic E-state index is 12.8. The van der Waals surface area contributed by atoms with E-state index < -0.39 is 5.41 Å². The van der Waals surface area contributed by atoms with E-state index in [0.717, 1.165) is 38.2 Å². The molecule has 30 heavy (non-hydrogen) atoms. The highest BCUT2D eigenvalue weighted by Crippen LogP contribution is 2.31. The Morgan fingerprint density at radius 2 is 1.90 bits per heavy atom. The van der Waals surface area contributed by atoms with Gasteiger partial charge in [-0.15, -0.1) is 0 Å². The van der Waals surface area contributed by atoms with Crippen LogP contribution in [0.1, 0.15) is 70.2 Å². The van der Waals surface area contributed by atoms with E-state index in [2.05, 4.69) is 52.5 Å². The van der Waals surface area contributed by atoms with E-state index >= 15 is 0 Å². The summed E-state index contributed by atoms with van der Waals surface area (Å²) >= 11 is 0. The molecule has 0 saturated carbocycles. The lowest BCUT2D eigenvalue weighted by Crippen LogP contribution is -2.46. The predicted octanol–water partition coefficient (Wildman–Crippen LogP) is 5.19. The molecule has 0 spiro atoms. The van der Waals surface area contributed by atoms with E-state index in [9.17, 15) is 4.79 Å². The normalized spacial score (nSPS) is 19.8. The number of carbonyl (C=O) groups is 1. The first kappa shape index (κ1) is 22.5. The van der Waals surface area contributed by atoms with Gasteiger partial charge in [-0.1, -0.05) is 64.1 Å². The van der Waals surface area contributed by atoms with Crippen molar-refractivity contribution in [2.75, 3.05) is 19.6 Å². The summed E-state index contributed by atoms with van der Waals surface area (Å²) in [5.74, 6) is 1.03. The van der Waals surface area contributed by atoms with Crippen molar-refractivity contribution in [1.82, 2.24) is 15.2 Å². The first-order valence-corrected chi connectivity index (χ1v) is 11.3. The van der Waals surface area contributed by atoms with E-state index in [1.165, 1.54) is 12.0 Å². The Kier molecular flexibility index (Phi) is 7.65. The van der Waals surface area contributed by atoms with Crippen molar-refractivity contribution in [3.05, 3.63) is 66.0 Å². The van der Waals surface area contributed by atoms with Gasteiger partial charge in [0.1, 0.15) is 0 Å². The SMILES string of the molecule is C[C@@H](CCN1CCC[C@H]([C@H](NC(=O)C(C)(C)C)c2ccccn2)C1)c1ccccc1. The molecule has 1 aliphatic rings. The first-order chi connectivity index (χ1) is 14.3. The Morgan fingerprint density at radius 3 is 2.57 bits per heavy atom. The first-order valence-electron chi connectivity index (χ1n) is 11.3. The molecule has 0 radical (unpaired) electrons. The number of nitrogens with one attached hydrogen (secondary N) is 1. The van der Waals surface area contributed by atoms with Crippen LogP contribution in [0.4, 0.5) is 0 Å². The van der Waals surface area contributed by atoms with Gasteiger partial charge in [0.2, 0.25) is 5.91 Å². The van der Waals surface area contributed by atoms with Gasteiger partial charge in [0, 0.05) is 18.2 Å². The number of hydrogen-bond donors (Lipinski definition) is 1. The second kappa shape index (κ2) is 10.2. The lowest BCUT2D eigenvalue weighted by molar-refractivity contribution is -0.130. The van der Waals surface area contributed by atoms with E-state index in [0.29, 0.717) is 11.8 Å². The van der Waals surface area contributed by atoms with Gasteiger partial charge < -0.3 is 10.2 Å². The molecule has 0 bridgehead atoms. The molecule has 1 N–H and O–H groups in total. The van der Waals surface area contributed by atoms with E-state index in [1.807, 2.05) is 45.2 Å². The van der Waals surface area contributed by atoms with Gasteiger partial charge in [0.25, 0.3) is 0 Å². The molecule has 2 heterocycles. The van der Waals surface area contributed by atoms with Gasteiger partial charge in [-0.2, -0.15) is 0 Å². The third kappa shape index (κ3) is 6.15. The molecule has 2 aromatic rings. The predicted molar refractivity (Wildman–Crippen MR) is 123 cm³/mol. The number of rotatable bonds is 7. The molecule has 4 nitrogen and oxygen atoms in total. The average Bonchev–Trinajstić information content (AvgIpc) is 2.76. The van der Waals surface area contributed by atoms with Gasteiger partial charge in [0.15, 0.2) is 0 Å². The van der Waals surface area contributed by atoms with Crippen molar-refractivity contribution < 1.29 is 4.79 Å². The molecule has 1 saturated heterocycles. The summed E-state index contributed by atoms with van der Waals surface area (Å²) in [5, 5.41) is 3.33.